The van der Waals surface area contributed by atoms with E-state index in [1.807, 2.05) is 12.1 Å². The fourth-order valence-corrected chi connectivity index (χ4v) is 2.78. The van der Waals surface area contributed by atoms with Crippen molar-refractivity contribution in [2.45, 2.75) is 33.2 Å². The average Bonchev–Trinajstić information content (AvgIpc) is 2.61. The first-order valence-corrected chi connectivity index (χ1v) is 8.55. The highest BCUT2D eigenvalue weighted by Crippen LogP contribution is 2.18. The van der Waals surface area contributed by atoms with E-state index < -0.39 is 0 Å². The molecule has 1 aromatic rings. The van der Waals surface area contributed by atoms with E-state index in [1.54, 1.807) is 24.0 Å². The Bertz CT molecular complexity index is 607. The van der Waals surface area contributed by atoms with Crippen LogP contribution in [0.1, 0.15) is 32.3 Å². The lowest BCUT2D eigenvalue weighted by molar-refractivity contribution is -0.126. The number of nitrogens with zero attached hydrogens (tertiary/aromatic N) is 1. The second-order valence-electron chi connectivity index (χ2n) is 6.06. The summed E-state index contributed by atoms with van der Waals surface area (Å²) < 4.78 is 4.98. The first-order chi connectivity index (χ1) is 12.0. The Hall–Kier alpha value is -2.57. The Kier molecular flexibility index (Phi) is 6.80. The van der Waals surface area contributed by atoms with E-state index in [4.69, 9.17) is 4.74 Å². The highest BCUT2D eigenvalue weighted by Gasteiger charge is 2.27. The Labute approximate surface area is 147 Å². The lowest BCUT2D eigenvalue weighted by atomic mass is 9.96. The second-order valence-corrected chi connectivity index (χ2v) is 6.06. The van der Waals surface area contributed by atoms with Crippen molar-refractivity contribution in [3.63, 3.8) is 0 Å². The number of anilines is 1. The molecule has 1 saturated heterocycles. The number of nitrogens with one attached hydrogen (secondary N) is 2. The zero-order valence-corrected chi connectivity index (χ0v) is 14.7. The molecule has 0 radical (unpaired) electrons. The van der Waals surface area contributed by atoms with Crippen LogP contribution in [0.3, 0.4) is 0 Å². The number of likely N-dealkylation sites (tertiary alicyclic amines) is 1. The number of hydrogen-bond donors (Lipinski definition) is 2. The molecule has 25 heavy (non-hydrogen) atoms. The molecule has 0 aromatic heterocycles. The number of rotatable bonds is 5. The number of carbonyl (C=O) groups excluding carboxylic acids is 3. The van der Waals surface area contributed by atoms with Gasteiger partial charge in [0.05, 0.1) is 6.61 Å². The lowest BCUT2D eigenvalue weighted by Gasteiger charge is -2.30. The van der Waals surface area contributed by atoms with Crippen LogP contribution >= 0.6 is 0 Å². The molecule has 1 aliphatic rings. The van der Waals surface area contributed by atoms with Gasteiger partial charge < -0.3 is 20.3 Å². The molecule has 0 unspecified atom stereocenters. The quantitative estimate of drug-likeness (QED) is 0.854. The molecular formula is C18H25N3O4. The van der Waals surface area contributed by atoms with Crippen molar-refractivity contribution in [2.75, 3.05) is 25.0 Å². The van der Waals surface area contributed by atoms with E-state index in [0.717, 1.165) is 11.3 Å². The Morgan fingerprint density at radius 3 is 2.36 bits per heavy atom. The number of ether oxygens (including phenoxy) is 1. The summed E-state index contributed by atoms with van der Waals surface area (Å²) in [7, 11) is 0. The van der Waals surface area contributed by atoms with Gasteiger partial charge in [0.15, 0.2) is 0 Å². The van der Waals surface area contributed by atoms with Crippen LogP contribution in [-0.4, -0.2) is 42.5 Å². The summed E-state index contributed by atoms with van der Waals surface area (Å²) in [4.78, 5) is 36.6. The number of carbonyl (C=O) groups is 3. The smallest absolute Gasteiger partial charge is 0.409 e. The summed E-state index contributed by atoms with van der Waals surface area (Å²) in [5.74, 6) is -0.186. The van der Waals surface area contributed by atoms with E-state index in [2.05, 4.69) is 10.6 Å². The summed E-state index contributed by atoms with van der Waals surface area (Å²) in [6.07, 6.45) is 0.985. The van der Waals surface area contributed by atoms with Crippen molar-refractivity contribution >= 4 is 23.6 Å². The van der Waals surface area contributed by atoms with Crippen LogP contribution in [0.15, 0.2) is 24.3 Å². The molecule has 1 aromatic carbocycles. The molecule has 7 nitrogen and oxygen atoms in total. The molecule has 3 amide bonds. The Morgan fingerprint density at radius 1 is 1.16 bits per heavy atom. The van der Waals surface area contributed by atoms with Gasteiger partial charge in [-0.15, -0.1) is 0 Å². The van der Waals surface area contributed by atoms with Gasteiger partial charge in [-0.2, -0.15) is 0 Å². The standard InChI is InChI=1S/C18H25N3O4/c1-3-25-18(24)21-10-8-15(9-11-21)17(23)19-12-14-4-6-16(7-5-14)20-13(2)22/h4-7,15H,3,8-12H2,1-2H3,(H,19,23)(H,20,22). The third-order valence-electron chi connectivity index (χ3n) is 4.13. The highest BCUT2D eigenvalue weighted by atomic mass is 16.6. The average molecular weight is 347 g/mol. The highest BCUT2D eigenvalue weighted by molar-refractivity contribution is 5.88. The van der Waals surface area contributed by atoms with Crippen molar-refractivity contribution in [3.05, 3.63) is 29.8 Å². The molecule has 1 aliphatic heterocycles. The molecule has 1 fully saturated rings. The molecule has 136 valence electrons. The minimum Gasteiger partial charge on any atom is -0.450 e. The molecule has 0 bridgehead atoms. The molecule has 2 rings (SSSR count). The second kappa shape index (κ2) is 9.05. The van der Waals surface area contributed by atoms with Crippen LogP contribution in [0.5, 0.6) is 0 Å². The van der Waals surface area contributed by atoms with Gasteiger partial charge in [-0.3, -0.25) is 9.59 Å². The zero-order chi connectivity index (χ0) is 18.2. The normalized spacial score (nSPS) is 14.7. The third-order valence-corrected chi connectivity index (χ3v) is 4.13. The molecule has 0 saturated carbocycles. The van der Waals surface area contributed by atoms with Crippen molar-refractivity contribution in [1.82, 2.24) is 10.2 Å². The van der Waals surface area contributed by atoms with E-state index in [9.17, 15) is 14.4 Å². The lowest BCUT2D eigenvalue weighted by Crippen LogP contribution is -2.43. The van der Waals surface area contributed by atoms with Crippen molar-refractivity contribution in [1.29, 1.82) is 0 Å². The van der Waals surface area contributed by atoms with Crippen LogP contribution in [0.25, 0.3) is 0 Å². The SMILES string of the molecule is CCOC(=O)N1CCC(C(=O)NCc2ccc(NC(C)=O)cc2)CC1. The van der Waals surface area contributed by atoms with E-state index >= 15 is 0 Å². The molecule has 7 heteroatoms. The van der Waals surface area contributed by atoms with E-state index in [0.29, 0.717) is 39.1 Å². The number of amides is 3. The number of hydrogen-bond acceptors (Lipinski definition) is 4. The largest absolute Gasteiger partial charge is 0.450 e. The first-order valence-electron chi connectivity index (χ1n) is 8.55. The molecule has 2 N–H and O–H groups in total. The molecule has 0 atom stereocenters. The van der Waals surface area contributed by atoms with Gasteiger partial charge in [0.25, 0.3) is 0 Å². The first kappa shape index (κ1) is 18.8. The molecule has 0 spiro atoms. The predicted octanol–water partition coefficient (Wildman–Crippen LogP) is 2.13. The Morgan fingerprint density at radius 2 is 1.80 bits per heavy atom. The fraction of sp³-hybridized carbons (Fsp3) is 0.500. The molecule has 1 heterocycles. The van der Waals surface area contributed by atoms with Crippen LogP contribution in [0, 0.1) is 5.92 Å². The summed E-state index contributed by atoms with van der Waals surface area (Å²) >= 11 is 0. The maximum absolute atomic E-state index is 12.3. The van der Waals surface area contributed by atoms with Crippen molar-refractivity contribution in [2.24, 2.45) is 5.92 Å². The van der Waals surface area contributed by atoms with Crippen molar-refractivity contribution < 1.29 is 19.1 Å². The monoisotopic (exact) mass is 347 g/mol. The maximum atomic E-state index is 12.3. The summed E-state index contributed by atoms with van der Waals surface area (Å²) in [5, 5.41) is 5.64. The summed E-state index contributed by atoms with van der Waals surface area (Å²) in [5.41, 5.74) is 1.69. The van der Waals surface area contributed by atoms with Crippen LogP contribution in [0.4, 0.5) is 10.5 Å². The topological polar surface area (TPSA) is 87.7 Å². The van der Waals surface area contributed by atoms with Gasteiger partial charge in [0.1, 0.15) is 0 Å². The number of benzene rings is 1. The summed E-state index contributed by atoms with van der Waals surface area (Å²) in [6, 6.07) is 7.35. The molecular weight excluding hydrogens is 322 g/mol. The summed E-state index contributed by atoms with van der Waals surface area (Å²) in [6.45, 7) is 5.13. The third kappa shape index (κ3) is 5.77. The van der Waals surface area contributed by atoms with E-state index in [1.165, 1.54) is 6.92 Å². The van der Waals surface area contributed by atoms with Gasteiger partial charge in [0, 0.05) is 38.2 Å². The van der Waals surface area contributed by atoms with Crippen LogP contribution in [-0.2, 0) is 20.9 Å². The molecule has 0 aliphatic carbocycles. The van der Waals surface area contributed by atoms with Gasteiger partial charge in [-0.05, 0) is 37.5 Å². The van der Waals surface area contributed by atoms with Gasteiger partial charge in [0.2, 0.25) is 11.8 Å². The maximum Gasteiger partial charge on any atom is 0.409 e. The van der Waals surface area contributed by atoms with Gasteiger partial charge >= 0.3 is 6.09 Å². The fourth-order valence-electron chi connectivity index (χ4n) is 2.78. The van der Waals surface area contributed by atoms with E-state index in [-0.39, 0.29) is 23.8 Å². The minimum absolute atomic E-state index is 0.00875. The zero-order valence-electron chi connectivity index (χ0n) is 14.7. The van der Waals surface area contributed by atoms with Crippen molar-refractivity contribution in [3.8, 4) is 0 Å². The minimum atomic E-state index is -0.305. The van der Waals surface area contributed by atoms with Gasteiger partial charge in [-0.25, -0.2) is 4.79 Å². The Balaban J connectivity index is 1.75. The van der Waals surface area contributed by atoms with Crippen LogP contribution in [0.2, 0.25) is 0 Å². The number of piperidine rings is 1. The van der Waals surface area contributed by atoms with Crippen LogP contribution < -0.4 is 10.6 Å². The predicted molar refractivity (Wildman–Crippen MR) is 93.9 cm³/mol. The van der Waals surface area contributed by atoms with Gasteiger partial charge in [-0.1, -0.05) is 12.1 Å².